The van der Waals surface area contributed by atoms with Crippen molar-refractivity contribution in [1.29, 1.82) is 0 Å². The van der Waals surface area contributed by atoms with E-state index in [0.29, 0.717) is 18.0 Å². The molecule has 3 N–H and O–H groups in total. The highest BCUT2D eigenvalue weighted by atomic mass is 16.7. The number of urea groups is 2. The van der Waals surface area contributed by atoms with Crippen molar-refractivity contribution in [2.75, 3.05) is 19.9 Å². The summed E-state index contributed by atoms with van der Waals surface area (Å²) in [6.45, 7) is 3.22. The van der Waals surface area contributed by atoms with Crippen molar-refractivity contribution in [2.45, 2.75) is 25.8 Å². The highest BCUT2D eigenvalue weighted by Crippen LogP contribution is 2.34. The summed E-state index contributed by atoms with van der Waals surface area (Å²) in [4.78, 5) is 49.0. The van der Waals surface area contributed by atoms with Gasteiger partial charge in [0.15, 0.2) is 11.5 Å². The molecule has 0 bridgehead atoms. The smallest absolute Gasteiger partial charge is 0.325 e. The summed E-state index contributed by atoms with van der Waals surface area (Å²) in [6, 6.07) is 3.90. The maximum atomic E-state index is 12.7. The molecule has 2 aliphatic heterocycles. The van der Waals surface area contributed by atoms with Gasteiger partial charge in [0.1, 0.15) is 12.1 Å². The minimum atomic E-state index is -1.21. The number of carbonyl (C=O) groups is 4. The molecule has 1 atom stereocenters. The van der Waals surface area contributed by atoms with Crippen LogP contribution < -0.4 is 25.4 Å². The predicted molar refractivity (Wildman–Crippen MR) is 92.1 cm³/mol. The fraction of sp³-hybridized carbons (Fsp3) is 0.412. The summed E-state index contributed by atoms with van der Waals surface area (Å²) < 4.78 is 10.6. The third kappa shape index (κ3) is 3.78. The molecule has 0 saturated carbocycles. The second-order valence-electron chi connectivity index (χ2n) is 6.43. The third-order valence-corrected chi connectivity index (χ3v) is 4.23. The Hall–Kier alpha value is -3.30. The van der Waals surface area contributed by atoms with E-state index in [2.05, 4.69) is 16.0 Å². The number of fused-ring (bicyclic) bond motifs is 1. The maximum absolute atomic E-state index is 12.7. The fourth-order valence-electron chi connectivity index (χ4n) is 2.98. The zero-order valence-corrected chi connectivity index (χ0v) is 15.0. The maximum Gasteiger partial charge on any atom is 0.325 e. The molecule has 10 nitrogen and oxygen atoms in total. The first-order chi connectivity index (χ1) is 12.8. The summed E-state index contributed by atoms with van der Waals surface area (Å²) in [7, 11) is 0. The van der Waals surface area contributed by atoms with E-state index < -0.39 is 36.0 Å². The average molecular weight is 376 g/mol. The summed E-state index contributed by atoms with van der Waals surface area (Å²) in [6.07, 6.45) is 0.211. The molecular formula is C17H20N4O6. The molecular weight excluding hydrogens is 356 g/mol. The quantitative estimate of drug-likeness (QED) is 0.627. The SMILES string of the molecule is CCNC(=O)NC(=O)CN1C(=O)N[C@@](C)(Cc2ccc3c(c2)OCO3)C1=O. The topological polar surface area (TPSA) is 126 Å². The van der Waals surface area contributed by atoms with Gasteiger partial charge in [0.2, 0.25) is 12.7 Å². The van der Waals surface area contributed by atoms with Crippen molar-refractivity contribution in [2.24, 2.45) is 0 Å². The van der Waals surface area contributed by atoms with Gasteiger partial charge < -0.3 is 20.1 Å². The molecule has 6 amide bonds. The Kier molecular flexibility index (Phi) is 4.89. The van der Waals surface area contributed by atoms with Crippen LogP contribution in [0.15, 0.2) is 18.2 Å². The summed E-state index contributed by atoms with van der Waals surface area (Å²) in [5, 5.41) is 7.07. The van der Waals surface area contributed by atoms with E-state index in [1.807, 2.05) is 0 Å². The highest BCUT2D eigenvalue weighted by Gasteiger charge is 2.48. The van der Waals surface area contributed by atoms with Gasteiger partial charge >= 0.3 is 12.1 Å². The zero-order valence-electron chi connectivity index (χ0n) is 15.0. The first-order valence-electron chi connectivity index (χ1n) is 8.42. The molecule has 10 heteroatoms. The second kappa shape index (κ2) is 7.14. The van der Waals surface area contributed by atoms with Gasteiger partial charge in [-0.05, 0) is 31.5 Å². The van der Waals surface area contributed by atoms with Gasteiger partial charge in [0.05, 0.1) is 0 Å². The van der Waals surface area contributed by atoms with Gasteiger partial charge in [-0.2, -0.15) is 0 Å². The Morgan fingerprint density at radius 3 is 2.74 bits per heavy atom. The van der Waals surface area contributed by atoms with Gasteiger partial charge in [-0.3, -0.25) is 19.8 Å². The van der Waals surface area contributed by atoms with Crippen LogP contribution in [-0.4, -0.2) is 54.2 Å². The summed E-state index contributed by atoms with van der Waals surface area (Å²) in [5.74, 6) is -0.103. The number of benzene rings is 1. The van der Waals surface area contributed by atoms with Gasteiger partial charge in [-0.25, -0.2) is 9.59 Å². The number of rotatable bonds is 5. The van der Waals surface area contributed by atoms with Crippen LogP contribution in [0.5, 0.6) is 11.5 Å². The lowest BCUT2D eigenvalue weighted by Gasteiger charge is -2.21. The molecule has 1 aromatic rings. The second-order valence-corrected chi connectivity index (χ2v) is 6.43. The standard InChI is InChI=1S/C17H20N4O6/c1-3-18-15(24)19-13(22)8-21-14(23)17(2,20-16(21)25)7-10-4-5-11-12(6-10)27-9-26-11/h4-6H,3,7-9H2,1-2H3,(H,20,25)(H2,18,19,22,24)/t17-/m0/s1. The number of amides is 6. The third-order valence-electron chi connectivity index (χ3n) is 4.23. The molecule has 2 heterocycles. The molecule has 2 aliphatic rings. The number of carbonyl (C=O) groups excluding carboxylic acids is 4. The number of nitrogens with zero attached hydrogens (tertiary/aromatic N) is 1. The fourth-order valence-corrected chi connectivity index (χ4v) is 2.98. The van der Waals surface area contributed by atoms with Crippen molar-refractivity contribution in [1.82, 2.24) is 20.9 Å². The Morgan fingerprint density at radius 1 is 1.26 bits per heavy atom. The van der Waals surface area contributed by atoms with Crippen LogP contribution in [0.25, 0.3) is 0 Å². The van der Waals surface area contributed by atoms with Crippen LogP contribution in [0.1, 0.15) is 19.4 Å². The lowest BCUT2D eigenvalue weighted by atomic mass is 9.92. The van der Waals surface area contributed by atoms with Crippen LogP contribution in [0, 0.1) is 0 Å². The van der Waals surface area contributed by atoms with Crippen molar-refractivity contribution >= 4 is 23.9 Å². The minimum absolute atomic E-state index is 0.139. The molecule has 1 saturated heterocycles. The molecule has 27 heavy (non-hydrogen) atoms. The molecule has 144 valence electrons. The van der Waals surface area contributed by atoms with Crippen molar-refractivity contribution < 1.29 is 28.7 Å². The van der Waals surface area contributed by atoms with Gasteiger partial charge in [-0.1, -0.05) is 6.07 Å². The Balaban J connectivity index is 1.67. The van der Waals surface area contributed by atoms with Crippen LogP contribution >= 0.6 is 0 Å². The van der Waals surface area contributed by atoms with Crippen LogP contribution in [0.2, 0.25) is 0 Å². The van der Waals surface area contributed by atoms with E-state index >= 15 is 0 Å². The van der Waals surface area contributed by atoms with E-state index in [9.17, 15) is 19.2 Å². The largest absolute Gasteiger partial charge is 0.454 e. The minimum Gasteiger partial charge on any atom is -0.454 e. The van der Waals surface area contributed by atoms with Crippen molar-refractivity contribution in [3.05, 3.63) is 23.8 Å². The number of imide groups is 2. The first-order valence-corrected chi connectivity index (χ1v) is 8.42. The Bertz CT molecular complexity index is 811. The van der Waals surface area contributed by atoms with E-state index in [-0.39, 0.29) is 13.2 Å². The molecule has 0 aromatic heterocycles. The van der Waals surface area contributed by atoms with Crippen molar-refractivity contribution in [3.8, 4) is 11.5 Å². The number of ether oxygens (including phenoxy) is 2. The molecule has 1 aromatic carbocycles. The van der Waals surface area contributed by atoms with Crippen LogP contribution in [0.4, 0.5) is 9.59 Å². The lowest BCUT2D eigenvalue weighted by molar-refractivity contribution is -0.134. The number of hydrogen-bond donors (Lipinski definition) is 3. The summed E-state index contributed by atoms with van der Waals surface area (Å²) >= 11 is 0. The Labute approximate surface area is 155 Å². The van der Waals surface area contributed by atoms with Gasteiger partial charge in [0.25, 0.3) is 5.91 Å². The van der Waals surface area contributed by atoms with Gasteiger partial charge in [0, 0.05) is 13.0 Å². The monoisotopic (exact) mass is 376 g/mol. The van der Waals surface area contributed by atoms with E-state index in [1.54, 1.807) is 32.0 Å². The highest BCUT2D eigenvalue weighted by molar-refractivity contribution is 6.09. The van der Waals surface area contributed by atoms with E-state index in [4.69, 9.17) is 9.47 Å². The predicted octanol–water partition coefficient (Wildman–Crippen LogP) is 0.114. The number of nitrogens with one attached hydrogen (secondary N) is 3. The molecule has 0 spiro atoms. The molecule has 3 rings (SSSR count). The van der Waals surface area contributed by atoms with Crippen LogP contribution in [-0.2, 0) is 16.0 Å². The van der Waals surface area contributed by atoms with Crippen molar-refractivity contribution in [3.63, 3.8) is 0 Å². The molecule has 0 aliphatic carbocycles. The lowest BCUT2D eigenvalue weighted by Crippen LogP contribution is -2.48. The van der Waals surface area contributed by atoms with E-state index in [1.165, 1.54) is 0 Å². The van der Waals surface area contributed by atoms with E-state index in [0.717, 1.165) is 10.5 Å². The molecule has 1 fully saturated rings. The van der Waals surface area contributed by atoms with Crippen LogP contribution in [0.3, 0.4) is 0 Å². The average Bonchev–Trinajstić information content (AvgIpc) is 3.13. The Morgan fingerprint density at radius 2 is 2.00 bits per heavy atom. The van der Waals surface area contributed by atoms with Gasteiger partial charge in [-0.15, -0.1) is 0 Å². The molecule has 0 unspecified atom stereocenters. The first kappa shape index (κ1) is 18.5. The summed E-state index contributed by atoms with van der Waals surface area (Å²) in [5.41, 5.74) is -0.444. The number of hydrogen-bond acceptors (Lipinski definition) is 6. The zero-order chi connectivity index (χ0) is 19.6. The normalized spacial score (nSPS) is 20.4. The molecule has 0 radical (unpaired) electrons.